The summed E-state index contributed by atoms with van der Waals surface area (Å²) in [5.74, 6) is 1.55. The predicted molar refractivity (Wildman–Crippen MR) is 84.3 cm³/mol. The first-order chi connectivity index (χ1) is 10.2. The Balaban J connectivity index is 2.16. The Morgan fingerprint density at radius 1 is 1.29 bits per heavy atom. The number of nitro groups is 1. The maximum absolute atomic E-state index is 11.1. The van der Waals surface area contributed by atoms with E-state index in [0.29, 0.717) is 34.9 Å². The molecule has 116 valence electrons. The summed E-state index contributed by atoms with van der Waals surface area (Å²) in [6.07, 6.45) is 6.13. The van der Waals surface area contributed by atoms with E-state index in [2.05, 4.69) is 15.9 Å². The summed E-state index contributed by atoms with van der Waals surface area (Å²) in [5, 5.41) is 11.5. The molecule has 0 N–H and O–H groups in total. The van der Waals surface area contributed by atoms with Gasteiger partial charge in [-0.3, -0.25) is 10.1 Å². The molecule has 0 aliphatic heterocycles. The van der Waals surface area contributed by atoms with E-state index in [0.717, 1.165) is 0 Å². The van der Waals surface area contributed by atoms with E-state index >= 15 is 0 Å². The van der Waals surface area contributed by atoms with Crippen LogP contribution in [0.2, 0.25) is 0 Å². The molecular formula is C15H20BrNO4. The second-order valence-corrected chi connectivity index (χ2v) is 5.90. The summed E-state index contributed by atoms with van der Waals surface area (Å²) in [5.41, 5.74) is 0.646. The third kappa shape index (κ3) is 4.09. The van der Waals surface area contributed by atoms with Crippen LogP contribution in [0.4, 0.5) is 5.69 Å². The van der Waals surface area contributed by atoms with Gasteiger partial charge in [-0.25, -0.2) is 0 Å². The summed E-state index contributed by atoms with van der Waals surface area (Å²) in [7, 11) is 1.55. The number of methoxy groups -OCH3 is 1. The molecule has 1 aliphatic carbocycles. The number of nitrogens with zero attached hydrogens (tertiary/aromatic N) is 1. The zero-order valence-corrected chi connectivity index (χ0v) is 13.7. The van der Waals surface area contributed by atoms with Gasteiger partial charge in [0.15, 0.2) is 11.5 Å². The van der Waals surface area contributed by atoms with Crippen LogP contribution in [-0.2, 0) is 5.33 Å². The van der Waals surface area contributed by atoms with Gasteiger partial charge in [0.1, 0.15) is 0 Å². The van der Waals surface area contributed by atoms with E-state index in [1.54, 1.807) is 13.2 Å². The zero-order valence-electron chi connectivity index (χ0n) is 12.1. The quantitative estimate of drug-likeness (QED) is 0.428. The summed E-state index contributed by atoms with van der Waals surface area (Å²) >= 11 is 3.27. The molecule has 0 spiro atoms. The highest BCUT2D eigenvalue weighted by Crippen LogP contribution is 2.36. The molecule has 0 atom stereocenters. The molecule has 1 fully saturated rings. The van der Waals surface area contributed by atoms with E-state index in [1.165, 1.54) is 38.2 Å². The minimum Gasteiger partial charge on any atom is -0.493 e. The third-order valence-corrected chi connectivity index (χ3v) is 4.51. The van der Waals surface area contributed by atoms with E-state index in [9.17, 15) is 10.1 Å². The van der Waals surface area contributed by atoms with Crippen LogP contribution in [0.15, 0.2) is 12.1 Å². The van der Waals surface area contributed by atoms with E-state index in [1.807, 2.05) is 0 Å². The molecule has 1 aromatic carbocycles. The largest absolute Gasteiger partial charge is 0.493 e. The lowest BCUT2D eigenvalue weighted by Crippen LogP contribution is -2.15. The first kappa shape index (κ1) is 16.1. The second-order valence-electron chi connectivity index (χ2n) is 5.34. The normalized spacial score (nSPS) is 15.7. The van der Waals surface area contributed by atoms with Gasteiger partial charge < -0.3 is 9.47 Å². The molecule has 0 aromatic heterocycles. The molecule has 0 amide bonds. The average molecular weight is 358 g/mol. The number of hydrogen-bond donors (Lipinski definition) is 0. The van der Waals surface area contributed by atoms with Gasteiger partial charge in [-0.15, -0.1) is 0 Å². The molecular weight excluding hydrogens is 338 g/mol. The predicted octanol–water partition coefficient (Wildman–Crippen LogP) is 4.46. The Kier molecular flexibility index (Phi) is 5.85. The van der Waals surface area contributed by atoms with Gasteiger partial charge in [-0.1, -0.05) is 35.2 Å². The highest BCUT2D eigenvalue weighted by atomic mass is 79.9. The second kappa shape index (κ2) is 7.64. The van der Waals surface area contributed by atoms with Crippen LogP contribution in [0.5, 0.6) is 11.5 Å². The molecule has 1 saturated carbocycles. The van der Waals surface area contributed by atoms with Gasteiger partial charge in [0, 0.05) is 10.9 Å². The number of nitro benzene ring substituents is 1. The highest BCUT2D eigenvalue weighted by Gasteiger charge is 2.20. The topological polar surface area (TPSA) is 61.6 Å². The van der Waals surface area contributed by atoms with Crippen LogP contribution >= 0.6 is 15.9 Å². The summed E-state index contributed by atoms with van der Waals surface area (Å²) in [6.45, 7) is 0.598. The first-order valence-corrected chi connectivity index (χ1v) is 8.32. The fraction of sp³-hybridized carbons (Fsp3) is 0.600. The smallest absolute Gasteiger partial charge is 0.277 e. The zero-order chi connectivity index (χ0) is 15.2. The molecule has 2 rings (SSSR count). The van der Waals surface area contributed by atoms with E-state index in [4.69, 9.17) is 9.47 Å². The molecule has 21 heavy (non-hydrogen) atoms. The Hall–Kier alpha value is -1.30. The minimum atomic E-state index is -0.385. The van der Waals surface area contributed by atoms with Gasteiger partial charge in [0.25, 0.3) is 5.69 Å². The van der Waals surface area contributed by atoms with Gasteiger partial charge in [-0.05, 0) is 24.8 Å². The molecule has 0 saturated heterocycles. The van der Waals surface area contributed by atoms with Crippen molar-refractivity contribution >= 4 is 21.6 Å². The molecule has 1 aliphatic rings. The lowest BCUT2D eigenvalue weighted by molar-refractivity contribution is -0.385. The fourth-order valence-corrected chi connectivity index (χ4v) is 3.15. The number of ether oxygens (including phenoxy) is 2. The third-order valence-electron chi connectivity index (χ3n) is 3.90. The van der Waals surface area contributed by atoms with Crippen molar-refractivity contribution in [3.63, 3.8) is 0 Å². The summed E-state index contributed by atoms with van der Waals surface area (Å²) < 4.78 is 11.1. The molecule has 5 nitrogen and oxygen atoms in total. The Labute approximate surface area is 132 Å². The number of hydrogen-bond acceptors (Lipinski definition) is 4. The van der Waals surface area contributed by atoms with Gasteiger partial charge in [0.2, 0.25) is 0 Å². The van der Waals surface area contributed by atoms with E-state index in [-0.39, 0.29) is 10.6 Å². The van der Waals surface area contributed by atoms with Gasteiger partial charge >= 0.3 is 0 Å². The molecule has 0 bridgehead atoms. The minimum absolute atomic E-state index is 0.0614. The van der Waals surface area contributed by atoms with Crippen LogP contribution < -0.4 is 9.47 Å². The molecule has 0 radical (unpaired) electrons. The van der Waals surface area contributed by atoms with E-state index < -0.39 is 0 Å². The van der Waals surface area contributed by atoms with Crippen molar-refractivity contribution in [1.82, 2.24) is 0 Å². The average Bonchev–Trinajstić information content (AvgIpc) is 2.52. The standard InChI is InChI=1S/C15H20BrNO4/c1-20-14-7-12(9-16)13(17(18)19)8-15(14)21-10-11-5-3-2-4-6-11/h7-8,11H,2-6,9-10H2,1H3. The van der Waals surface area contributed by atoms with Crippen LogP contribution in [0.3, 0.4) is 0 Å². The SMILES string of the molecule is COc1cc(CBr)c([N+](=O)[O-])cc1OCC1CCCCC1. The van der Waals surface area contributed by atoms with Crippen molar-refractivity contribution in [2.24, 2.45) is 5.92 Å². The van der Waals surface area contributed by atoms with Crippen LogP contribution in [-0.4, -0.2) is 18.6 Å². The molecule has 0 heterocycles. The summed E-state index contributed by atoms with van der Waals surface area (Å²) in [6, 6.07) is 3.14. The van der Waals surface area contributed by atoms with Crippen LogP contribution in [0.1, 0.15) is 37.7 Å². The van der Waals surface area contributed by atoms with Crippen molar-refractivity contribution in [3.05, 3.63) is 27.8 Å². The fourth-order valence-electron chi connectivity index (χ4n) is 2.70. The van der Waals surface area contributed by atoms with Crippen molar-refractivity contribution in [2.75, 3.05) is 13.7 Å². The highest BCUT2D eigenvalue weighted by molar-refractivity contribution is 9.08. The van der Waals surface area contributed by atoms with Crippen LogP contribution in [0, 0.1) is 16.0 Å². The number of halogens is 1. The molecule has 1 aromatic rings. The van der Waals surface area contributed by atoms with Crippen molar-refractivity contribution in [3.8, 4) is 11.5 Å². The maximum Gasteiger partial charge on any atom is 0.277 e. The number of alkyl halides is 1. The number of benzene rings is 1. The van der Waals surface area contributed by atoms with Gasteiger partial charge in [-0.2, -0.15) is 0 Å². The Bertz CT molecular complexity index is 501. The van der Waals surface area contributed by atoms with Crippen molar-refractivity contribution in [1.29, 1.82) is 0 Å². The molecule has 6 heteroatoms. The maximum atomic E-state index is 11.1. The van der Waals surface area contributed by atoms with Crippen LogP contribution in [0.25, 0.3) is 0 Å². The number of rotatable bonds is 6. The van der Waals surface area contributed by atoms with Gasteiger partial charge in [0.05, 0.1) is 24.7 Å². The first-order valence-electron chi connectivity index (χ1n) is 7.19. The molecule has 0 unspecified atom stereocenters. The summed E-state index contributed by atoms with van der Waals surface area (Å²) in [4.78, 5) is 10.7. The monoisotopic (exact) mass is 357 g/mol. The Morgan fingerprint density at radius 2 is 2.00 bits per heavy atom. The van der Waals surface area contributed by atoms with Crippen molar-refractivity contribution < 1.29 is 14.4 Å². The lowest BCUT2D eigenvalue weighted by atomic mass is 9.90. The Morgan fingerprint density at radius 3 is 2.57 bits per heavy atom. The lowest BCUT2D eigenvalue weighted by Gasteiger charge is -2.22. The van der Waals surface area contributed by atoms with Crippen molar-refractivity contribution in [2.45, 2.75) is 37.4 Å².